The number of benzene rings is 1. The number of rotatable bonds is 7. The highest BCUT2D eigenvalue weighted by molar-refractivity contribution is 5.94. The Bertz CT molecular complexity index is 1480. The van der Waals surface area contributed by atoms with Crippen LogP contribution in [0.15, 0.2) is 30.5 Å². The Morgan fingerprint density at radius 2 is 2.14 bits per heavy atom. The molecule has 1 fully saturated rings. The smallest absolute Gasteiger partial charge is 0.335 e. The molecule has 1 aliphatic heterocycles. The van der Waals surface area contributed by atoms with Crippen LogP contribution in [0.25, 0.3) is 27.8 Å². The van der Waals surface area contributed by atoms with E-state index in [1.807, 2.05) is 6.07 Å². The summed E-state index contributed by atoms with van der Waals surface area (Å²) in [5.74, 6) is -1.40. The van der Waals surface area contributed by atoms with Crippen LogP contribution in [0.1, 0.15) is 50.8 Å². The number of carbonyl (C=O) groups is 1. The van der Waals surface area contributed by atoms with Crippen molar-refractivity contribution in [2.75, 3.05) is 27.4 Å². The summed E-state index contributed by atoms with van der Waals surface area (Å²) in [7, 11) is 3.09. The number of aromatic amines is 1. The van der Waals surface area contributed by atoms with E-state index in [0.717, 1.165) is 27.7 Å². The number of methoxy groups -OCH3 is 2. The Kier molecular flexibility index (Phi) is 6.19. The third kappa shape index (κ3) is 4.14. The topological polar surface area (TPSA) is 111 Å². The number of fused-ring (bicyclic) bond motifs is 2. The molecule has 1 saturated heterocycles. The summed E-state index contributed by atoms with van der Waals surface area (Å²) >= 11 is 0. The van der Waals surface area contributed by atoms with Crippen molar-refractivity contribution < 1.29 is 28.5 Å². The molecule has 0 spiro atoms. The molecule has 2 N–H and O–H groups in total. The van der Waals surface area contributed by atoms with Gasteiger partial charge in [0.25, 0.3) is 0 Å². The second-order valence-electron chi connectivity index (χ2n) is 10.5. The van der Waals surface area contributed by atoms with E-state index in [9.17, 15) is 14.3 Å². The van der Waals surface area contributed by atoms with Gasteiger partial charge in [0.05, 0.1) is 37.6 Å². The zero-order valence-corrected chi connectivity index (χ0v) is 21.6. The van der Waals surface area contributed by atoms with Gasteiger partial charge in [-0.15, -0.1) is 0 Å². The highest BCUT2D eigenvalue weighted by Gasteiger charge is 2.42. The van der Waals surface area contributed by atoms with Gasteiger partial charge in [-0.3, -0.25) is 5.10 Å². The van der Waals surface area contributed by atoms with E-state index in [2.05, 4.69) is 28.6 Å². The number of halogens is 1. The van der Waals surface area contributed by atoms with Crippen molar-refractivity contribution in [2.24, 2.45) is 0 Å². The number of carboxylic acids is 1. The lowest BCUT2D eigenvalue weighted by Crippen LogP contribution is -2.43. The zero-order chi connectivity index (χ0) is 26.5. The summed E-state index contributed by atoms with van der Waals surface area (Å²) in [5, 5.41) is 17.6. The predicted octanol–water partition coefficient (Wildman–Crippen LogP) is 4.71. The maximum absolute atomic E-state index is 14.4. The van der Waals surface area contributed by atoms with Gasteiger partial charge in [0.1, 0.15) is 0 Å². The van der Waals surface area contributed by atoms with Crippen molar-refractivity contribution in [2.45, 2.75) is 50.5 Å². The first kappa shape index (κ1) is 25.2. The molecule has 4 aromatic rings. The Morgan fingerprint density at radius 3 is 2.78 bits per heavy atom. The van der Waals surface area contributed by atoms with Gasteiger partial charge in [0.2, 0.25) is 0 Å². The van der Waals surface area contributed by atoms with E-state index in [1.165, 1.54) is 13.2 Å². The van der Waals surface area contributed by atoms with Crippen LogP contribution in [0.4, 0.5) is 4.39 Å². The van der Waals surface area contributed by atoms with Gasteiger partial charge < -0.3 is 23.9 Å². The Morgan fingerprint density at radius 1 is 1.35 bits per heavy atom. The number of carboxylic acid groups (broad SMARTS) is 1. The minimum Gasteiger partial charge on any atom is -0.494 e. The second-order valence-corrected chi connectivity index (χ2v) is 10.5. The average molecular weight is 511 g/mol. The normalized spacial score (nSPS) is 20.5. The molecule has 0 radical (unpaired) electrons. The molecule has 37 heavy (non-hydrogen) atoms. The van der Waals surface area contributed by atoms with Gasteiger partial charge in [0, 0.05) is 46.8 Å². The lowest BCUT2D eigenvalue weighted by Gasteiger charge is -2.36. The number of H-pyrrole nitrogens is 1. The second kappa shape index (κ2) is 9.11. The van der Waals surface area contributed by atoms with Crippen LogP contribution in [-0.2, 0) is 19.7 Å². The SMILES string of the molecule is COCC(C)(C)c1c([C@@H]2CC[C@@](C)(C(=O)O)OC2)c2nc3[nH]ncc3cc2n1-c1ccc(F)c(OC)c1. The van der Waals surface area contributed by atoms with Crippen LogP contribution in [0.2, 0.25) is 0 Å². The van der Waals surface area contributed by atoms with E-state index in [1.54, 1.807) is 32.4 Å². The zero-order valence-electron chi connectivity index (χ0n) is 21.6. The maximum atomic E-state index is 14.4. The molecule has 0 aliphatic carbocycles. The Labute approximate surface area is 213 Å². The molecule has 0 saturated carbocycles. The number of hydrogen-bond donors (Lipinski definition) is 2. The van der Waals surface area contributed by atoms with Crippen molar-refractivity contribution in [3.63, 3.8) is 0 Å². The maximum Gasteiger partial charge on any atom is 0.335 e. The van der Waals surface area contributed by atoms with Crippen molar-refractivity contribution in [3.8, 4) is 11.4 Å². The number of aromatic nitrogens is 4. The highest BCUT2D eigenvalue weighted by Crippen LogP contribution is 2.45. The molecule has 196 valence electrons. The fraction of sp³-hybridized carbons (Fsp3) is 0.444. The molecule has 0 amide bonds. The van der Waals surface area contributed by atoms with E-state index in [-0.39, 0.29) is 18.3 Å². The predicted molar refractivity (Wildman–Crippen MR) is 136 cm³/mol. The number of hydrogen-bond acceptors (Lipinski definition) is 6. The van der Waals surface area contributed by atoms with Crippen LogP contribution in [-0.4, -0.2) is 63.9 Å². The molecule has 1 aromatic carbocycles. The van der Waals surface area contributed by atoms with Crippen LogP contribution in [0.5, 0.6) is 5.75 Å². The minimum absolute atomic E-state index is 0.113. The van der Waals surface area contributed by atoms with Gasteiger partial charge >= 0.3 is 5.97 Å². The molecule has 0 unspecified atom stereocenters. The van der Waals surface area contributed by atoms with Gasteiger partial charge in [-0.2, -0.15) is 5.10 Å². The fourth-order valence-corrected chi connectivity index (χ4v) is 5.42. The Hall–Kier alpha value is -3.50. The molecular weight excluding hydrogens is 479 g/mol. The van der Waals surface area contributed by atoms with Crippen LogP contribution in [0.3, 0.4) is 0 Å². The van der Waals surface area contributed by atoms with Gasteiger partial charge in [-0.05, 0) is 38.0 Å². The summed E-state index contributed by atoms with van der Waals surface area (Å²) in [5.41, 5.74) is 3.12. The summed E-state index contributed by atoms with van der Waals surface area (Å²) in [6.07, 6.45) is 2.68. The Balaban J connectivity index is 1.82. The molecule has 5 rings (SSSR count). The molecule has 1 aliphatic rings. The monoisotopic (exact) mass is 510 g/mol. The van der Waals surface area contributed by atoms with Crippen molar-refractivity contribution in [1.29, 1.82) is 0 Å². The van der Waals surface area contributed by atoms with Gasteiger partial charge in [0.15, 0.2) is 22.8 Å². The molecule has 10 heteroatoms. The first-order valence-electron chi connectivity index (χ1n) is 12.2. The first-order valence-corrected chi connectivity index (χ1v) is 12.2. The van der Waals surface area contributed by atoms with Crippen LogP contribution < -0.4 is 4.74 Å². The van der Waals surface area contributed by atoms with E-state index in [0.29, 0.717) is 30.8 Å². The van der Waals surface area contributed by atoms with Crippen molar-refractivity contribution in [1.82, 2.24) is 19.7 Å². The highest BCUT2D eigenvalue weighted by atomic mass is 19.1. The molecule has 2 atom stereocenters. The number of pyridine rings is 1. The molecule has 0 bridgehead atoms. The van der Waals surface area contributed by atoms with Crippen molar-refractivity contribution >= 4 is 28.0 Å². The third-order valence-corrected chi connectivity index (χ3v) is 7.35. The molecule has 4 heterocycles. The number of nitrogens with one attached hydrogen (secondary N) is 1. The van der Waals surface area contributed by atoms with Crippen LogP contribution in [0, 0.1) is 5.82 Å². The quantitative estimate of drug-likeness (QED) is 0.370. The van der Waals surface area contributed by atoms with Gasteiger partial charge in [-0.25, -0.2) is 14.2 Å². The standard InChI is InChI=1S/C27H31FN4O5/c1-26(2,14-35-4)23-21(15-8-9-27(3,25(33)34)37-13-15)22-19(10-16-12-29-31-24(16)30-22)32(23)17-6-7-18(28)20(11-17)36-5/h6-7,10-12,15H,8-9,13-14H2,1-5H3,(H,33,34)(H,29,30,31)/t15-,27+/m1/s1. The summed E-state index contributed by atoms with van der Waals surface area (Å²) in [6, 6.07) is 6.78. The average Bonchev–Trinajstić information content (AvgIpc) is 3.45. The number of ether oxygens (including phenoxy) is 3. The first-order chi connectivity index (χ1) is 17.6. The lowest BCUT2D eigenvalue weighted by atomic mass is 9.80. The molecule has 9 nitrogen and oxygen atoms in total. The van der Waals surface area contributed by atoms with E-state index < -0.39 is 22.8 Å². The minimum atomic E-state index is -1.23. The van der Waals surface area contributed by atoms with Crippen LogP contribution >= 0.6 is 0 Å². The summed E-state index contributed by atoms with van der Waals surface area (Å²) in [4.78, 5) is 16.8. The summed E-state index contributed by atoms with van der Waals surface area (Å²) in [6.45, 7) is 6.43. The molecule has 3 aromatic heterocycles. The van der Waals surface area contributed by atoms with E-state index in [4.69, 9.17) is 19.2 Å². The number of nitrogens with zero attached hydrogens (tertiary/aromatic N) is 3. The largest absolute Gasteiger partial charge is 0.494 e. The number of aliphatic carboxylic acids is 1. The van der Waals surface area contributed by atoms with Crippen molar-refractivity contribution in [3.05, 3.63) is 47.5 Å². The van der Waals surface area contributed by atoms with Gasteiger partial charge in [-0.1, -0.05) is 13.8 Å². The summed E-state index contributed by atoms with van der Waals surface area (Å²) < 4.78 is 33.4. The third-order valence-electron chi connectivity index (χ3n) is 7.35. The fourth-order valence-electron chi connectivity index (χ4n) is 5.42. The lowest BCUT2D eigenvalue weighted by molar-refractivity contribution is -0.170. The van der Waals surface area contributed by atoms with E-state index >= 15 is 0 Å². The molecular formula is C27H31FN4O5.